The van der Waals surface area contributed by atoms with Gasteiger partial charge in [-0.1, -0.05) is 23.9 Å². The van der Waals surface area contributed by atoms with Crippen LogP contribution in [0.15, 0.2) is 52.9 Å². The molecule has 1 aromatic heterocycles. The Morgan fingerprint density at radius 3 is 2.71 bits per heavy atom. The molecular formula is C15H13N3OS2. The lowest BCUT2D eigenvalue weighted by Crippen LogP contribution is -2.13. The summed E-state index contributed by atoms with van der Waals surface area (Å²) in [5.41, 5.74) is 8.01. The van der Waals surface area contributed by atoms with Gasteiger partial charge in [-0.15, -0.1) is 11.3 Å². The van der Waals surface area contributed by atoms with Gasteiger partial charge in [0, 0.05) is 11.4 Å². The average molecular weight is 315 g/mol. The van der Waals surface area contributed by atoms with E-state index in [0.29, 0.717) is 11.4 Å². The zero-order valence-electron chi connectivity index (χ0n) is 11.1. The van der Waals surface area contributed by atoms with Crippen LogP contribution in [0.25, 0.3) is 10.2 Å². The van der Waals surface area contributed by atoms with Crippen LogP contribution in [0.1, 0.15) is 0 Å². The lowest BCUT2D eigenvalue weighted by Gasteiger charge is -2.04. The van der Waals surface area contributed by atoms with E-state index in [1.165, 1.54) is 11.8 Å². The maximum atomic E-state index is 11.9. The highest BCUT2D eigenvalue weighted by Gasteiger charge is 2.07. The number of carbonyl (C=O) groups excluding carboxylic acids is 1. The Labute approximate surface area is 130 Å². The number of fused-ring (bicyclic) bond motifs is 1. The number of nitrogens with two attached hydrogens (primary N) is 1. The molecular weight excluding hydrogens is 302 g/mol. The number of carbonyl (C=O) groups is 1. The van der Waals surface area contributed by atoms with Gasteiger partial charge in [-0.25, -0.2) is 4.98 Å². The molecule has 0 unspecified atom stereocenters. The summed E-state index contributed by atoms with van der Waals surface area (Å²) in [7, 11) is 0. The van der Waals surface area contributed by atoms with Crippen LogP contribution in [0.5, 0.6) is 0 Å². The first-order chi connectivity index (χ1) is 10.2. The highest BCUT2D eigenvalue weighted by atomic mass is 32.2. The number of nitrogen functional groups attached to an aromatic ring is 1. The van der Waals surface area contributed by atoms with Gasteiger partial charge >= 0.3 is 0 Å². The largest absolute Gasteiger partial charge is 0.399 e. The SMILES string of the molecule is Nc1ccc(NC(=O)CSc2nc3ccccc3s2)cc1. The van der Waals surface area contributed by atoms with Crippen LogP contribution in [0.2, 0.25) is 0 Å². The van der Waals surface area contributed by atoms with Crippen molar-refractivity contribution in [3.05, 3.63) is 48.5 Å². The molecule has 1 amide bonds. The lowest BCUT2D eigenvalue weighted by atomic mass is 10.3. The normalized spacial score (nSPS) is 10.7. The van der Waals surface area contributed by atoms with Crippen molar-refractivity contribution in [2.24, 2.45) is 0 Å². The minimum absolute atomic E-state index is 0.0518. The topological polar surface area (TPSA) is 68.0 Å². The van der Waals surface area contributed by atoms with Gasteiger partial charge in [0.05, 0.1) is 16.0 Å². The second-order valence-corrected chi connectivity index (χ2v) is 6.66. The van der Waals surface area contributed by atoms with E-state index in [4.69, 9.17) is 5.73 Å². The third-order valence-electron chi connectivity index (χ3n) is 2.80. The molecule has 0 saturated heterocycles. The molecule has 0 aliphatic rings. The van der Waals surface area contributed by atoms with Crippen molar-refractivity contribution >= 4 is 50.6 Å². The molecule has 3 N–H and O–H groups in total. The molecule has 0 spiro atoms. The quantitative estimate of drug-likeness (QED) is 0.570. The van der Waals surface area contributed by atoms with Gasteiger partial charge in [0.15, 0.2) is 4.34 Å². The van der Waals surface area contributed by atoms with Crippen LogP contribution in [-0.4, -0.2) is 16.6 Å². The summed E-state index contributed by atoms with van der Waals surface area (Å²) in [6, 6.07) is 15.1. The molecule has 2 aromatic carbocycles. The molecule has 21 heavy (non-hydrogen) atoms. The predicted octanol–water partition coefficient (Wildman–Crippen LogP) is 3.61. The molecule has 3 aromatic rings. The maximum Gasteiger partial charge on any atom is 0.234 e. The number of rotatable bonds is 4. The molecule has 0 atom stereocenters. The Morgan fingerprint density at radius 1 is 1.19 bits per heavy atom. The molecule has 106 valence electrons. The molecule has 4 nitrogen and oxygen atoms in total. The molecule has 6 heteroatoms. The van der Waals surface area contributed by atoms with E-state index in [2.05, 4.69) is 10.3 Å². The number of benzene rings is 2. The highest BCUT2D eigenvalue weighted by Crippen LogP contribution is 2.29. The summed E-state index contributed by atoms with van der Waals surface area (Å²) in [6.45, 7) is 0. The van der Waals surface area contributed by atoms with E-state index in [1.54, 1.807) is 35.6 Å². The fourth-order valence-corrected chi connectivity index (χ4v) is 3.67. The number of nitrogens with zero attached hydrogens (tertiary/aromatic N) is 1. The first-order valence-corrected chi connectivity index (χ1v) is 8.15. The fraction of sp³-hybridized carbons (Fsp3) is 0.0667. The summed E-state index contributed by atoms with van der Waals surface area (Å²) < 4.78 is 2.04. The molecule has 0 aliphatic heterocycles. The molecule has 0 saturated carbocycles. The zero-order chi connectivity index (χ0) is 14.7. The summed E-state index contributed by atoms with van der Waals surface area (Å²) in [5, 5.41) is 2.83. The number of thiazole rings is 1. The van der Waals surface area contributed by atoms with E-state index < -0.39 is 0 Å². The Morgan fingerprint density at radius 2 is 1.95 bits per heavy atom. The van der Waals surface area contributed by atoms with Crippen LogP contribution in [0, 0.1) is 0 Å². The molecule has 0 radical (unpaired) electrons. The Bertz CT molecular complexity index is 735. The summed E-state index contributed by atoms with van der Waals surface area (Å²) in [6.07, 6.45) is 0. The fourth-order valence-electron chi connectivity index (χ4n) is 1.80. The average Bonchev–Trinajstić information content (AvgIpc) is 2.90. The van der Waals surface area contributed by atoms with Gasteiger partial charge < -0.3 is 11.1 Å². The molecule has 3 rings (SSSR count). The third kappa shape index (κ3) is 3.53. The zero-order valence-corrected chi connectivity index (χ0v) is 12.7. The minimum atomic E-state index is -0.0518. The molecule has 0 fully saturated rings. The first-order valence-electron chi connectivity index (χ1n) is 6.34. The highest BCUT2D eigenvalue weighted by molar-refractivity contribution is 8.01. The van der Waals surface area contributed by atoms with Crippen molar-refractivity contribution in [2.45, 2.75) is 4.34 Å². The van der Waals surface area contributed by atoms with Gasteiger partial charge in [-0.3, -0.25) is 4.79 Å². The van der Waals surface area contributed by atoms with Crippen molar-refractivity contribution < 1.29 is 4.79 Å². The summed E-state index contributed by atoms with van der Waals surface area (Å²) in [4.78, 5) is 16.4. The van der Waals surface area contributed by atoms with Crippen LogP contribution < -0.4 is 11.1 Å². The van der Waals surface area contributed by atoms with Crippen LogP contribution in [0.3, 0.4) is 0 Å². The third-order valence-corrected chi connectivity index (χ3v) is 4.97. The number of nitrogens with one attached hydrogen (secondary N) is 1. The van der Waals surface area contributed by atoms with E-state index >= 15 is 0 Å². The number of hydrogen-bond donors (Lipinski definition) is 2. The Kier molecular flexibility index (Phi) is 4.08. The molecule has 1 heterocycles. The molecule has 0 aliphatic carbocycles. The lowest BCUT2D eigenvalue weighted by molar-refractivity contribution is -0.113. The second-order valence-electron chi connectivity index (χ2n) is 4.41. The summed E-state index contributed by atoms with van der Waals surface area (Å²) >= 11 is 3.05. The number of para-hydroxylation sites is 1. The summed E-state index contributed by atoms with van der Waals surface area (Å²) in [5.74, 6) is 0.286. The predicted molar refractivity (Wildman–Crippen MR) is 89.8 cm³/mol. The smallest absolute Gasteiger partial charge is 0.234 e. The number of amides is 1. The molecule has 0 bridgehead atoms. The number of thioether (sulfide) groups is 1. The van der Waals surface area contributed by atoms with Gasteiger partial charge in [0.25, 0.3) is 0 Å². The number of anilines is 2. The van der Waals surface area contributed by atoms with Crippen LogP contribution >= 0.6 is 23.1 Å². The number of hydrogen-bond acceptors (Lipinski definition) is 5. The Hall–Kier alpha value is -2.05. The minimum Gasteiger partial charge on any atom is -0.399 e. The Balaban J connectivity index is 1.59. The van der Waals surface area contributed by atoms with Crippen LogP contribution in [0.4, 0.5) is 11.4 Å². The van der Waals surface area contributed by atoms with E-state index in [-0.39, 0.29) is 5.91 Å². The van der Waals surface area contributed by atoms with Gasteiger partial charge in [0.2, 0.25) is 5.91 Å². The van der Waals surface area contributed by atoms with Crippen molar-refractivity contribution in [1.29, 1.82) is 0 Å². The van der Waals surface area contributed by atoms with Crippen molar-refractivity contribution in [3.63, 3.8) is 0 Å². The van der Waals surface area contributed by atoms with Crippen molar-refractivity contribution in [1.82, 2.24) is 4.98 Å². The van der Waals surface area contributed by atoms with Crippen molar-refractivity contribution in [3.8, 4) is 0 Å². The number of aromatic nitrogens is 1. The van der Waals surface area contributed by atoms with Gasteiger partial charge in [0.1, 0.15) is 0 Å². The first kappa shape index (κ1) is 13.9. The van der Waals surface area contributed by atoms with E-state index in [0.717, 1.165) is 20.2 Å². The van der Waals surface area contributed by atoms with Crippen molar-refractivity contribution in [2.75, 3.05) is 16.8 Å². The monoisotopic (exact) mass is 315 g/mol. The van der Waals surface area contributed by atoms with Gasteiger partial charge in [-0.2, -0.15) is 0 Å². The van der Waals surface area contributed by atoms with E-state index in [1.807, 2.05) is 24.3 Å². The van der Waals surface area contributed by atoms with Crippen LogP contribution in [-0.2, 0) is 4.79 Å². The van der Waals surface area contributed by atoms with E-state index in [9.17, 15) is 4.79 Å². The van der Waals surface area contributed by atoms with Gasteiger partial charge in [-0.05, 0) is 36.4 Å². The maximum absolute atomic E-state index is 11.9. The second kappa shape index (κ2) is 6.15. The standard InChI is InChI=1S/C15H13N3OS2/c16-10-5-7-11(8-6-10)17-14(19)9-20-15-18-12-3-1-2-4-13(12)21-15/h1-8H,9,16H2,(H,17,19).